The van der Waals surface area contributed by atoms with Crippen molar-refractivity contribution in [2.24, 2.45) is 0 Å². The van der Waals surface area contributed by atoms with E-state index in [1.54, 1.807) is 0 Å². The fourth-order valence-corrected chi connectivity index (χ4v) is 0.303. The third-order valence-electron chi connectivity index (χ3n) is 0.557. The van der Waals surface area contributed by atoms with E-state index in [2.05, 4.69) is 4.74 Å². The Morgan fingerprint density at radius 1 is 1.12 bits per heavy atom. The number of ether oxygens (including phenoxy) is 1. The Morgan fingerprint density at radius 2 is 1.50 bits per heavy atom. The first-order valence-electron chi connectivity index (χ1n) is 1.73. The lowest BCUT2D eigenvalue weighted by Gasteiger charge is -1.80. The van der Waals surface area contributed by atoms with Gasteiger partial charge in [0.2, 0.25) is 0 Å². The van der Waals surface area contributed by atoms with Crippen molar-refractivity contribution in [1.82, 2.24) is 0 Å². The fraction of sp³-hybridized carbons (Fsp3) is 0. The third-order valence-corrected chi connectivity index (χ3v) is 0.557. The van der Waals surface area contributed by atoms with Crippen LogP contribution in [0.2, 0.25) is 0 Å². The largest absolute Gasteiger partial charge is 0.387 e. The highest BCUT2D eigenvalue weighted by Gasteiger charge is 2.10. The maximum absolute atomic E-state index is 9.92. The van der Waals surface area contributed by atoms with Crippen molar-refractivity contribution in [3.8, 4) is 0 Å². The number of hydrogen-bond donors (Lipinski definition) is 0. The zero-order chi connectivity index (χ0) is 5.28. The summed E-state index contributed by atoms with van der Waals surface area (Å²) in [6, 6.07) is 0. The zero-order valence-corrected chi connectivity index (χ0v) is 5.50. The lowest BCUT2D eigenvalue weighted by Crippen LogP contribution is -1.96. The molecule has 0 unspecified atom stereocenters. The van der Waals surface area contributed by atoms with Crippen LogP contribution in [0.25, 0.3) is 0 Å². The van der Waals surface area contributed by atoms with Gasteiger partial charge in [0.15, 0.2) is 0 Å². The van der Waals surface area contributed by atoms with E-state index >= 15 is 0 Å². The van der Waals surface area contributed by atoms with Gasteiger partial charge in [0.1, 0.15) is 0 Å². The lowest BCUT2D eigenvalue weighted by atomic mass is 10.6. The zero-order valence-electron chi connectivity index (χ0n) is 4.09. The Bertz CT molecular complexity index is 133. The lowest BCUT2D eigenvalue weighted by molar-refractivity contribution is -0.150. The summed E-state index contributed by atoms with van der Waals surface area (Å²) in [5, 5.41) is 0. The van der Waals surface area contributed by atoms with Gasteiger partial charge in [-0.05, 0) is 0 Å². The Morgan fingerprint density at radius 3 is 1.62 bits per heavy atom. The summed E-state index contributed by atoms with van der Waals surface area (Å²) in [6.07, 6.45) is 2.17. The summed E-state index contributed by atoms with van der Waals surface area (Å²) in [7, 11) is 0. The van der Waals surface area contributed by atoms with Crippen molar-refractivity contribution in [3.05, 3.63) is 12.2 Å². The molecule has 38 valence electrons. The van der Waals surface area contributed by atoms with Crippen molar-refractivity contribution in [3.63, 3.8) is 0 Å². The standard InChI is InChI=1S/C4H2O3.Mg/c5-3-1-2-4(6)7-3;/h1-2H;. The molecule has 0 spiro atoms. The quantitative estimate of drug-likeness (QED) is 0.241. The molecule has 0 aliphatic carbocycles. The number of hydrogen-bond acceptors (Lipinski definition) is 3. The molecule has 4 heteroatoms. The maximum Gasteiger partial charge on any atom is 0.338 e. The van der Waals surface area contributed by atoms with E-state index in [9.17, 15) is 9.59 Å². The summed E-state index contributed by atoms with van der Waals surface area (Å²) in [6.45, 7) is 0. The van der Waals surface area contributed by atoms with E-state index in [0.717, 1.165) is 12.2 Å². The highest BCUT2D eigenvalue weighted by atomic mass is 24.3. The van der Waals surface area contributed by atoms with Gasteiger partial charge in [-0.25, -0.2) is 9.59 Å². The molecule has 8 heavy (non-hydrogen) atoms. The molecule has 0 amide bonds. The minimum atomic E-state index is -0.579. The topological polar surface area (TPSA) is 43.4 Å². The Balaban J connectivity index is 0.000000490. The molecule has 0 bridgehead atoms. The average Bonchev–Trinajstić information content (AvgIpc) is 1.87. The Kier molecular flexibility index (Phi) is 2.71. The molecule has 1 rings (SSSR count). The molecular formula is C4H2MgO3. The number of esters is 2. The number of carbonyl (C=O) groups excluding carboxylic acids is 2. The molecule has 2 radical (unpaired) electrons. The molecule has 1 aliphatic heterocycles. The predicted octanol–water partition coefficient (Wildman–Crippen LogP) is -0.755. The van der Waals surface area contributed by atoms with Crippen molar-refractivity contribution >= 4 is 35.0 Å². The van der Waals surface area contributed by atoms with Crippen molar-refractivity contribution in [2.45, 2.75) is 0 Å². The number of rotatable bonds is 0. The van der Waals surface area contributed by atoms with E-state index in [1.807, 2.05) is 0 Å². The van der Waals surface area contributed by atoms with Crippen LogP contribution in [0.3, 0.4) is 0 Å². The molecule has 0 aromatic carbocycles. The van der Waals surface area contributed by atoms with Crippen LogP contribution in [0.5, 0.6) is 0 Å². The highest BCUT2D eigenvalue weighted by Crippen LogP contribution is 1.92. The molecule has 3 nitrogen and oxygen atoms in total. The van der Waals surface area contributed by atoms with Crippen LogP contribution in [0.4, 0.5) is 0 Å². The summed E-state index contributed by atoms with van der Waals surface area (Å²) < 4.78 is 3.97. The van der Waals surface area contributed by atoms with Gasteiger partial charge in [-0.2, -0.15) is 0 Å². The van der Waals surface area contributed by atoms with Crippen molar-refractivity contribution in [1.29, 1.82) is 0 Å². The highest BCUT2D eigenvalue weighted by molar-refractivity contribution is 6.04. The molecule has 1 heterocycles. The van der Waals surface area contributed by atoms with Crippen molar-refractivity contribution < 1.29 is 14.3 Å². The van der Waals surface area contributed by atoms with Gasteiger partial charge < -0.3 is 4.74 Å². The van der Waals surface area contributed by atoms with Gasteiger partial charge in [-0.15, -0.1) is 0 Å². The minimum Gasteiger partial charge on any atom is -0.387 e. The second-order valence-corrected chi connectivity index (χ2v) is 1.07. The molecule has 0 atom stereocenters. The predicted molar refractivity (Wildman–Crippen MR) is 26.0 cm³/mol. The van der Waals surface area contributed by atoms with Gasteiger partial charge in [-0.1, -0.05) is 0 Å². The molecule has 1 aliphatic rings. The molecule has 0 aromatic heterocycles. The first-order valence-corrected chi connectivity index (χ1v) is 1.73. The van der Waals surface area contributed by atoms with E-state index in [0.29, 0.717) is 0 Å². The summed E-state index contributed by atoms with van der Waals surface area (Å²) >= 11 is 0. The first-order chi connectivity index (χ1) is 3.29. The Hall–Kier alpha value is -0.354. The molecule has 0 N–H and O–H groups in total. The van der Waals surface area contributed by atoms with Crippen LogP contribution in [0.15, 0.2) is 12.2 Å². The first kappa shape index (κ1) is 7.65. The Labute approximate surface area is 61.8 Å². The van der Waals surface area contributed by atoms with Gasteiger partial charge in [0.25, 0.3) is 0 Å². The summed E-state index contributed by atoms with van der Waals surface area (Å²) in [5.41, 5.74) is 0. The average molecular weight is 122 g/mol. The molecular weight excluding hydrogens is 120 g/mol. The van der Waals surface area contributed by atoms with Crippen LogP contribution in [0.1, 0.15) is 0 Å². The van der Waals surface area contributed by atoms with E-state index in [-0.39, 0.29) is 23.1 Å². The number of cyclic esters (lactones) is 2. The maximum atomic E-state index is 9.92. The van der Waals surface area contributed by atoms with Crippen LogP contribution in [-0.2, 0) is 14.3 Å². The SMILES string of the molecule is O=C1C=CC(=O)O1.[Mg]. The second-order valence-electron chi connectivity index (χ2n) is 1.07. The van der Waals surface area contributed by atoms with E-state index < -0.39 is 11.9 Å². The van der Waals surface area contributed by atoms with E-state index in [4.69, 9.17) is 0 Å². The van der Waals surface area contributed by atoms with Crippen LogP contribution >= 0.6 is 0 Å². The fourth-order valence-electron chi connectivity index (χ4n) is 0.303. The minimum absolute atomic E-state index is 0. The summed E-state index contributed by atoms with van der Waals surface area (Å²) in [4.78, 5) is 19.8. The van der Waals surface area contributed by atoms with Crippen molar-refractivity contribution in [2.75, 3.05) is 0 Å². The van der Waals surface area contributed by atoms with Gasteiger partial charge >= 0.3 is 11.9 Å². The van der Waals surface area contributed by atoms with Crippen LogP contribution < -0.4 is 0 Å². The molecule has 0 fully saturated rings. The van der Waals surface area contributed by atoms with Gasteiger partial charge in [0, 0.05) is 35.2 Å². The van der Waals surface area contributed by atoms with Crippen LogP contribution in [0, 0.1) is 0 Å². The normalized spacial score (nSPS) is 15.5. The monoisotopic (exact) mass is 122 g/mol. The number of carbonyl (C=O) groups is 2. The van der Waals surface area contributed by atoms with Gasteiger partial charge in [0.05, 0.1) is 0 Å². The molecule has 0 saturated heterocycles. The van der Waals surface area contributed by atoms with Crippen LogP contribution in [-0.4, -0.2) is 35.0 Å². The second kappa shape index (κ2) is 2.83. The molecule has 0 aromatic rings. The molecule has 0 saturated carbocycles. The van der Waals surface area contributed by atoms with Gasteiger partial charge in [-0.3, -0.25) is 0 Å². The third kappa shape index (κ3) is 1.63. The smallest absolute Gasteiger partial charge is 0.338 e. The van der Waals surface area contributed by atoms with E-state index in [1.165, 1.54) is 0 Å². The summed E-state index contributed by atoms with van der Waals surface area (Å²) in [5.74, 6) is -1.16.